The maximum absolute atomic E-state index is 12.9. The molecule has 0 unspecified atom stereocenters. The van der Waals surface area contributed by atoms with Crippen molar-refractivity contribution in [1.82, 2.24) is 0 Å². The smallest absolute Gasteiger partial charge is 0.342 e. The third-order valence-corrected chi connectivity index (χ3v) is 4.73. The Balaban J connectivity index is 2.43. The average Bonchev–Trinajstić information content (AvgIpc) is 2.73. The molecule has 0 radical (unpaired) electrons. The summed E-state index contributed by atoms with van der Waals surface area (Å²) in [6, 6.07) is 10.1. The van der Waals surface area contributed by atoms with E-state index in [1.54, 1.807) is 45.0 Å². The lowest BCUT2D eigenvalue weighted by Gasteiger charge is -2.22. The zero-order valence-electron chi connectivity index (χ0n) is 20.2. The predicted molar refractivity (Wildman–Crippen MR) is 135 cm³/mol. The molecule has 0 heterocycles. The summed E-state index contributed by atoms with van der Waals surface area (Å²) < 4.78 is 11.3. The Bertz CT molecular complexity index is 1070. The lowest BCUT2D eigenvalue weighted by atomic mass is 10.1. The molecule has 34 heavy (non-hydrogen) atoms. The highest BCUT2D eigenvalue weighted by molar-refractivity contribution is 6.32. The van der Waals surface area contributed by atoms with Gasteiger partial charge in [-0.3, -0.25) is 9.59 Å². The number of benzene rings is 2. The summed E-state index contributed by atoms with van der Waals surface area (Å²) in [6.07, 6.45) is 4.59. The van der Waals surface area contributed by atoms with Crippen LogP contribution in [0.2, 0.25) is 5.02 Å². The molecule has 7 nitrogen and oxygen atoms in total. The maximum atomic E-state index is 12.9. The molecule has 0 aliphatic heterocycles. The number of anilines is 2. The van der Waals surface area contributed by atoms with Crippen LogP contribution in [0.15, 0.2) is 42.5 Å². The van der Waals surface area contributed by atoms with Crippen molar-refractivity contribution in [2.45, 2.75) is 53.1 Å². The molecule has 2 amide bonds. The van der Waals surface area contributed by atoms with Gasteiger partial charge >= 0.3 is 5.97 Å². The summed E-state index contributed by atoms with van der Waals surface area (Å²) in [6.45, 7) is 9.04. The molecule has 0 spiro atoms. The van der Waals surface area contributed by atoms with E-state index >= 15 is 0 Å². The van der Waals surface area contributed by atoms with E-state index in [2.05, 4.69) is 10.6 Å². The van der Waals surface area contributed by atoms with Gasteiger partial charge in [0.2, 0.25) is 11.8 Å². The van der Waals surface area contributed by atoms with Crippen LogP contribution in [0, 0.1) is 0 Å². The van der Waals surface area contributed by atoms with Crippen LogP contribution in [0.5, 0.6) is 5.75 Å². The van der Waals surface area contributed by atoms with Gasteiger partial charge in [0.1, 0.15) is 16.9 Å². The molecule has 2 aromatic carbocycles. The van der Waals surface area contributed by atoms with E-state index in [0.717, 1.165) is 12.8 Å². The monoisotopic (exact) mass is 486 g/mol. The molecule has 0 saturated carbocycles. The molecule has 0 aliphatic carbocycles. The molecule has 0 bridgehead atoms. The van der Waals surface area contributed by atoms with E-state index < -0.39 is 17.5 Å². The van der Waals surface area contributed by atoms with E-state index in [1.807, 2.05) is 13.0 Å². The lowest BCUT2D eigenvalue weighted by molar-refractivity contribution is -0.114. The summed E-state index contributed by atoms with van der Waals surface area (Å²) in [5.41, 5.74) is 0.620. The molecular formula is C26H31ClN2O5. The van der Waals surface area contributed by atoms with Crippen LogP contribution < -0.4 is 15.4 Å². The van der Waals surface area contributed by atoms with Gasteiger partial charge in [0, 0.05) is 24.1 Å². The van der Waals surface area contributed by atoms with Crippen molar-refractivity contribution in [3.05, 3.63) is 58.6 Å². The first-order valence-electron chi connectivity index (χ1n) is 11.1. The maximum Gasteiger partial charge on any atom is 0.342 e. The van der Waals surface area contributed by atoms with E-state index in [-0.39, 0.29) is 22.9 Å². The highest BCUT2D eigenvalue weighted by atomic mass is 35.5. The van der Waals surface area contributed by atoms with Gasteiger partial charge in [0.15, 0.2) is 0 Å². The second kappa shape index (κ2) is 12.2. The number of esters is 1. The number of hydrogen-bond acceptors (Lipinski definition) is 5. The van der Waals surface area contributed by atoms with E-state index in [9.17, 15) is 14.4 Å². The van der Waals surface area contributed by atoms with Crippen LogP contribution in [-0.2, 0) is 14.3 Å². The molecule has 0 aliphatic rings. The summed E-state index contributed by atoms with van der Waals surface area (Å²) in [4.78, 5) is 37.3. The zero-order chi connectivity index (χ0) is 25.3. The molecule has 0 aromatic heterocycles. The number of unbranched alkanes of at least 4 members (excludes halogenated alkanes) is 1. The fraction of sp³-hybridized carbons (Fsp3) is 0.346. The highest BCUT2D eigenvalue weighted by Gasteiger charge is 2.24. The molecule has 2 aromatic rings. The number of rotatable bonds is 9. The van der Waals surface area contributed by atoms with Crippen molar-refractivity contribution in [3.63, 3.8) is 0 Å². The zero-order valence-corrected chi connectivity index (χ0v) is 20.9. The molecule has 8 heteroatoms. The molecule has 0 fully saturated rings. The second-order valence-electron chi connectivity index (χ2n) is 8.62. The quantitative estimate of drug-likeness (QED) is 0.254. The van der Waals surface area contributed by atoms with Crippen LogP contribution >= 0.6 is 11.6 Å². The average molecular weight is 487 g/mol. The van der Waals surface area contributed by atoms with Gasteiger partial charge in [-0.1, -0.05) is 43.1 Å². The number of nitrogens with one attached hydrogen (secondary N) is 2. The summed E-state index contributed by atoms with van der Waals surface area (Å²) in [7, 11) is 0. The highest BCUT2D eigenvalue weighted by Crippen LogP contribution is 2.33. The SMILES string of the molecule is CCCCOc1cc(NC(C)=O)c(NC(=O)C=Cc2ccccc2Cl)cc1C(=O)OC(C)(C)C. The van der Waals surface area contributed by atoms with Gasteiger partial charge in [-0.2, -0.15) is 0 Å². The van der Waals surface area contributed by atoms with Crippen molar-refractivity contribution in [3.8, 4) is 5.75 Å². The van der Waals surface area contributed by atoms with E-state index in [4.69, 9.17) is 21.1 Å². The van der Waals surface area contributed by atoms with Crippen molar-refractivity contribution in [2.24, 2.45) is 0 Å². The topological polar surface area (TPSA) is 93.7 Å². The van der Waals surface area contributed by atoms with Gasteiger partial charge in [0.25, 0.3) is 0 Å². The first-order chi connectivity index (χ1) is 16.0. The van der Waals surface area contributed by atoms with Gasteiger partial charge in [0.05, 0.1) is 18.0 Å². The van der Waals surface area contributed by atoms with E-state index in [0.29, 0.717) is 22.9 Å². The Morgan fingerprint density at radius 3 is 2.35 bits per heavy atom. The van der Waals surface area contributed by atoms with Crippen molar-refractivity contribution < 1.29 is 23.9 Å². The van der Waals surface area contributed by atoms with Crippen LogP contribution in [0.3, 0.4) is 0 Å². The molecule has 0 saturated heterocycles. The van der Waals surface area contributed by atoms with Crippen molar-refractivity contribution in [1.29, 1.82) is 0 Å². The van der Waals surface area contributed by atoms with Gasteiger partial charge < -0.3 is 20.1 Å². The molecule has 2 N–H and O–H groups in total. The first kappa shape index (κ1) is 26.9. The summed E-state index contributed by atoms with van der Waals surface area (Å²) >= 11 is 6.13. The van der Waals surface area contributed by atoms with Crippen LogP contribution in [0.1, 0.15) is 63.4 Å². The van der Waals surface area contributed by atoms with Gasteiger partial charge in [-0.15, -0.1) is 0 Å². The summed E-state index contributed by atoms with van der Waals surface area (Å²) in [5, 5.41) is 5.89. The Hall–Kier alpha value is -3.32. The largest absolute Gasteiger partial charge is 0.493 e. The van der Waals surface area contributed by atoms with Crippen molar-refractivity contribution >= 4 is 46.8 Å². The number of carbonyl (C=O) groups excluding carboxylic acids is 3. The Morgan fingerprint density at radius 2 is 1.74 bits per heavy atom. The molecular weight excluding hydrogens is 456 g/mol. The second-order valence-corrected chi connectivity index (χ2v) is 9.03. The Labute approximate surface area is 205 Å². The number of ether oxygens (including phenoxy) is 2. The Kier molecular flexibility index (Phi) is 9.69. The third kappa shape index (κ3) is 8.56. The predicted octanol–water partition coefficient (Wildman–Crippen LogP) is 6.08. The normalized spacial score (nSPS) is 11.2. The number of carbonyl (C=O) groups is 3. The van der Waals surface area contributed by atoms with Crippen LogP contribution in [0.25, 0.3) is 6.08 Å². The molecule has 0 atom stereocenters. The third-order valence-electron chi connectivity index (χ3n) is 4.38. The van der Waals surface area contributed by atoms with Crippen LogP contribution in [0.4, 0.5) is 11.4 Å². The van der Waals surface area contributed by atoms with Gasteiger partial charge in [-0.25, -0.2) is 4.79 Å². The van der Waals surface area contributed by atoms with Crippen molar-refractivity contribution in [2.75, 3.05) is 17.2 Å². The number of amides is 2. The van der Waals surface area contributed by atoms with E-state index in [1.165, 1.54) is 25.1 Å². The van der Waals surface area contributed by atoms with Crippen LogP contribution in [-0.4, -0.2) is 30.0 Å². The first-order valence-corrected chi connectivity index (χ1v) is 11.4. The molecule has 2 rings (SSSR count). The molecule has 182 valence electrons. The fourth-order valence-electron chi connectivity index (χ4n) is 2.86. The standard InChI is InChI=1S/C26H31ClN2O5/c1-6-7-14-33-23-16-22(28-17(2)30)21(15-19(23)25(32)34-26(3,4)5)29-24(31)13-12-18-10-8-9-11-20(18)27/h8-13,15-16H,6-7,14H2,1-5H3,(H,28,30)(H,29,31). The van der Waals surface area contributed by atoms with Gasteiger partial charge in [-0.05, 0) is 51.0 Å². The Morgan fingerprint density at radius 1 is 1.06 bits per heavy atom. The fourth-order valence-corrected chi connectivity index (χ4v) is 3.06. The minimum atomic E-state index is -0.727. The minimum Gasteiger partial charge on any atom is -0.493 e. The number of hydrogen-bond donors (Lipinski definition) is 2. The minimum absolute atomic E-state index is 0.144. The summed E-state index contributed by atoms with van der Waals surface area (Å²) in [5.74, 6) is -1.15. The number of halogens is 1. The lowest BCUT2D eigenvalue weighted by Crippen LogP contribution is -2.24.